The van der Waals surface area contributed by atoms with Gasteiger partial charge in [-0.15, -0.1) is 11.8 Å². The Morgan fingerprint density at radius 2 is 2.58 bits per heavy atom. The first kappa shape index (κ1) is 9.73. The average Bonchev–Trinajstić information content (AvgIpc) is 2.47. The summed E-state index contributed by atoms with van der Waals surface area (Å²) >= 11 is 3.40. The van der Waals surface area contributed by atoms with E-state index in [9.17, 15) is 4.79 Å². The molecule has 68 valence electrons. The Hall–Kier alpha value is -0.360. The Balaban J connectivity index is 2.40. The van der Waals surface area contributed by atoms with Crippen molar-refractivity contribution < 1.29 is 9.63 Å². The van der Waals surface area contributed by atoms with Crippen molar-refractivity contribution >= 4 is 34.7 Å². The van der Waals surface area contributed by atoms with Gasteiger partial charge in [-0.25, -0.2) is 4.79 Å². The largest absolute Gasteiger partial charge is 0.433 e. The lowest BCUT2D eigenvalue weighted by Crippen LogP contribution is -2.17. The van der Waals surface area contributed by atoms with Crippen LogP contribution in [0.25, 0.3) is 0 Å². The third-order valence-corrected chi connectivity index (χ3v) is 3.91. The van der Waals surface area contributed by atoms with Crippen LogP contribution in [0.4, 0.5) is 4.79 Å². The highest BCUT2D eigenvalue weighted by Crippen LogP contribution is 2.31. The number of amides is 1. The van der Waals surface area contributed by atoms with E-state index in [1.165, 1.54) is 7.05 Å². The second-order valence-corrected chi connectivity index (χ2v) is 4.82. The average molecular weight is 206 g/mol. The molecule has 4 nitrogen and oxygen atoms in total. The molecular formula is C6H10N2O2S2. The summed E-state index contributed by atoms with van der Waals surface area (Å²) in [5, 5.41) is 8.25. The molecule has 1 N–H and O–H groups in total. The van der Waals surface area contributed by atoms with Gasteiger partial charge in [0.25, 0.3) is 0 Å². The number of nitrogens with zero attached hydrogens (tertiary/aromatic N) is 1. The van der Waals surface area contributed by atoms with Crippen molar-refractivity contribution in [2.75, 3.05) is 12.1 Å². The lowest BCUT2D eigenvalue weighted by atomic mass is 10.5. The van der Waals surface area contributed by atoms with E-state index in [4.69, 9.17) is 0 Å². The van der Waals surface area contributed by atoms with Crippen molar-refractivity contribution in [3.05, 3.63) is 0 Å². The van der Waals surface area contributed by atoms with Gasteiger partial charge in [0.1, 0.15) is 5.04 Å². The van der Waals surface area contributed by atoms with Gasteiger partial charge in [-0.1, -0.05) is 16.9 Å². The summed E-state index contributed by atoms with van der Waals surface area (Å²) in [5.41, 5.74) is 0. The predicted molar refractivity (Wildman–Crippen MR) is 52.5 cm³/mol. The van der Waals surface area contributed by atoms with E-state index >= 15 is 0 Å². The molecule has 1 heterocycles. The zero-order chi connectivity index (χ0) is 8.97. The molecule has 1 amide bonds. The normalized spacial score (nSPS) is 25.8. The number of nitrogens with one attached hydrogen (secondary N) is 1. The summed E-state index contributed by atoms with van der Waals surface area (Å²) in [5.74, 6) is 0. The first-order valence-corrected chi connectivity index (χ1v) is 5.48. The summed E-state index contributed by atoms with van der Waals surface area (Å²) in [6.45, 7) is 2.04. The standard InChI is InChI=1S/C6H10N2O2S2/c1-4-5(12-3-11-4)8-10-6(9)7-2/h4H,3H2,1-2H3,(H,7,9)/b8-5+. The lowest BCUT2D eigenvalue weighted by Gasteiger charge is -1.99. The van der Waals surface area contributed by atoms with Gasteiger partial charge in [-0.05, 0) is 6.92 Å². The molecule has 0 radical (unpaired) electrons. The van der Waals surface area contributed by atoms with Gasteiger partial charge in [0.05, 0.1) is 5.25 Å². The number of hydrogen-bond acceptors (Lipinski definition) is 5. The second kappa shape index (κ2) is 4.61. The second-order valence-electron chi connectivity index (χ2n) is 2.13. The van der Waals surface area contributed by atoms with Crippen molar-refractivity contribution in [3.8, 4) is 0 Å². The monoisotopic (exact) mass is 206 g/mol. The Kier molecular flexibility index (Phi) is 3.74. The topological polar surface area (TPSA) is 50.7 Å². The van der Waals surface area contributed by atoms with Crippen LogP contribution in [0.2, 0.25) is 0 Å². The molecule has 1 fully saturated rings. The predicted octanol–water partition coefficient (Wildman–Crippen LogP) is 1.48. The first-order chi connectivity index (χ1) is 5.74. The van der Waals surface area contributed by atoms with E-state index in [1.54, 1.807) is 23.5 Å². The van der Waals surface area contributed by atoms with E-state index in [1.807, 2.05) is 6.92 Å². The van der Waals surface area contributed by atoms with Crippen LogP contribution >= 0.6 is 23.5 Å². The van der Waals surface area contributed by atoms with Crippen molar-refractivity contribution in [2.24, 2.45) is 5.16 Å². The molecule has 1 atom stereocenters. The number of carbonyl (C=O) groups excluding carboxylic acids is 1. The van der Waals surface area contributed by atoms with Crippen molar-refractivity contribution in [3.63, 3.8) is 0 Å². The van der Waals surface area contributed by atoms with Gasteiger partial charge >= 0.3 is 6.09 Å². The molecule has 0 aliphatic carbocycles. The van der Waals surface area contributed by atoms with E-state index in [-0.39, 0.29) is 0 Å². The third-order valence-electron chi connectivity index (χ3n) is 1.30. The van der Waals surface area contributed by atoms with E-state index in [0.29, 0.717) is 5.25 Å². The molecule has 0 bridgehead atoms. The minimum absolute atomic E-state index is 0.347. The van der Waals surface area contributed by atoms with Crippen LogP contribution in [0.1, 0.15) is 6.92 Å². The van der Waals surface area contributed by atoms with Crippen molar-refractivity contribution in [2.45, 2.75) is 12.2 Å². The van der Waals surface area contributed by atoms with Gasteiger partial charge in [0.2, 0.25) is 0 Å². The molecular weight excluding hydrogens is 196 g/mol. The van der Waals surface area contributed by atoms with E-state index in [0.717, 1.165) is 10.1 Å². The van der Waals surface area contributed by atoms with Crippen molar-refractivity contribution in [1.82, 2.24) is 5.32 Å². The zero-order valence-electron chi connectivity index (χ0n) is 6.86. The van der Waals surface area contributed by atoms with Gasteiger partial charge < -0.3 is 5.32 Å². The molecule has 1 aliphatic rings. The smallest absolute Gasteiger partial charge is 0.323 e. The Morgan fingerprint density at radius 1 is 1.83 bits per heavy atom. The number of carbonyl (C=O) groups is 1. The molecule has 0 saturated carbocycles. The quantitative estimate of drug-likeness (QED) is 0.521. The zero-order valence-corrected chi connectivity index (χ0v) is 8.50. The highest BCUT2D eigenvalue weighted by Gasteiger charge is 2.20. The molecule has 0 aromatic heterocycles. The minimum atomic E-state index is -0.521. The first-order valence-electron chi connectivity index (χ1n) is 3.45. The van der Waals surface area contributed by atoms with Crippen LogP contribution in [-0.2, 0) is 4.84 Å². The molecule has 1 saturated heterocycles. The van der Waals surface area contributed by atoms with Gasteiger partial charge in [0, 0.05) is 12.1 Å². The number of thioether (sulfide) groups is 2. The van der Waals surface area contributed by atoms with E-state index in [2.05, 4.69) is 15.3 Å². The van der Waals surface area contributed by atoms with E-state index < -0.39 is 6.09 Å². The highest BCUT2D eigenvalue weighted by molar-refractivity contribution is 8.29. The van der Waals surface area contributed by atoms with Crippen LogP contribution in [0, 0.1) is 0 Å². The maximum Gasteiger partial charge on any atom is 0.433 e. The van der Waals surface area contributed by atoms with Crippen molar-refractivity contribution in [1.29, 1.82) is 0 Å². The van der Waals surface area contributed by atoms with Crippen LogP contribution in [0.5, 0.6) is 0 Å². The molecule has 0 spiro atoms. The fourth-order valence-corrected chi connectivity index (χ4v) is 3.11. The summed E-state index contributed by atoms with van der Waals surface area (Å²) in [4.78, 5) is 15.2. The molecule has 1 unspecified atom stereocenters. The van der Waals surface area contributed by atoms with Gasteiger partial charge in [-0.3, -0.25) is 4.84 Å². The fourth-order valence-electron chi connectivity index (χ4n) is 0.618. The van der Waals surface area contributed by atoms with Gasteiger partial charge in [0.15, 0.2) is 0 Å². The molecule has 0 aromatic carbocycles. The van der Waals surface area contributed by atoms with Crippen LogP contribution in [0.3, 0.4) is 0 Å². The third kappa shape index (κ3) is 2.60. The molecule has 6 heteroatoms. The van der Waals surface area contributed by atoms with Gasteiger partial charge in [-0.2, -0.15) is 0 Å². The maximum atomic E-state index is 10.6. The van der Waals surface area contributed by atoms with Crippen LogP contribution < -0.4 is 5.32 Å². The number of oxime groups is 1. The number of hydrogen-bond donors (Lipinski definition) is 1. The minimum Gasteiger partial charge on any atom is -0.323 e. The Morgan fingerprint density at radius 3 is 3.08 bits per heavy atom. The fraction of sp³-hybridized carbons (Fsp3) is 0.667. The number of rotatable bonds is 1. The lowest BCUT2D eigenvalue weighted by molar-refractivity contribution is 0.153. The van der Waals surface area contributed by atoms with Crippen LogP contribution in [0.15, 0.2) is 5.16 Å². The molecule has 12 heavy (non-hydrogen) atoms. The summed E-state index contributed by atoms with van der Waals surface area (Å²) < 4.78 is 0. The molecule has 1 rings (SSSR count). The molecule has 0 aromatic rings. The summed E-state index contributed by atoms with van der Waals surface area (Å²) in [6.07, 6.45) is -0.521. The summed E-state index contributed by atoms with van der Waals surface area (Å²) in [7, 11) is 1.50. The summed E-state index contributed by atoms with van der Waals surface area (Å²) in [6, 6.07) is 0. The van der Waals surface area contributed by atoms with Crippen LogP contribution in [-0.4, -0.2) is 28.5 Å². The SMILES string of the molecule is CNC(=O)O/N=C1/SCSC1C. The maximum absolute atomic E-state index is 10.6. The molecule has 1 aliphatic heterocycles. The Bertz CT molecular complexity index is 208. The Labute approximate surface area is 79.5 Å². The highest BCUT2D eigenvalue weighted by atomic mass is 32.2.